The highest BCUT2D eigenvalue weighted by Gasteiger charge is 2.18. The second-order valence-corrected chi connectivity index (χ2v) is 7.49. The van der Waals surface area contributed by atoms with Crippen LogP contribution in [0.15, 0.2) is 89.9 Å². The molecule has 6 heteroatoms. The van der Waals surface area contributed by atoms with Crippen LogP contribution in [0.25, 0.3) is 33.8 Å². The van der Waals surface area contributed by atoms with Crippen LogP contribution in [-0.4, -0.2) is 19.3 Å². The second kappa shape index (κ2) is 7.28. The van der Waals surface area contributed by atoms with Gasteiger partial charge in [-0.2, -0.15) is 5.10 Å². The largest absolute Gasteiger partial charge is 0.269 e. The first kappa shape index (κ1) is 18.3. The van der Waals surface area contributed by atoms with E-state index in [4.69, 9.17) is 16.6 Å². The summed E-state index contributed by atoms with van der Waals surface area (Å²) in [6, 6.07) is 24.8. The van der Waals surface area contributed by atoms with E-state index in [2.05, 4.69) is 5.10 Å². The Hall–Kier alpha value is -3.70. The van der Waals surface area contributed by atoms with E-state index in [1.54, 1.807) is 27.6 Å². The predicted molar refractivity (Wildman–Crippen MR) is 120 cm³/mol. The molecule has 2 aromatic heterocycles. The van der Waals surface area contributed by atoms with Gasteiger partial charge < -0.3 is 0 Å². The Morgan fingerprint density at radius 1 is 0.867 bits per heavy atom. The van der Waals surface area contributed by atoms with Crippen LogP contribution in [0.5, 0.6) is 0 Å². The number of nitrogens with zero attached hydrogens (tertiary/aromatic N) is 4. The fourth-order valence-corrected chi connectivity index (χ4v) is 3.65. The number of hydrogen-bond donors (Lipinski definition) is 0. The molecule has 0 aliphatic heterocycles. The average Bonchev–Trinajstić information content (AvgIpc) is 3.19. The first-order chi connectivity index (χ1) is 14.6. The Morgan fingerprint density at radius 2 is 1.60 bits per heavy atom. The van der Waals surface area contributed by atoms with E-state index in [1.165, 1.54) is 0 Å². The molecule has 0 bridgehead atoms. The molecule has 0 saturated heterocycles. The summed E-state index contributed by atoms with van der Waals surface area (Å²) in [5.74, 6) is 0.535. The van der Waals surface area contributed by atoms with Crippen molar-refractivity contribution in [3.63, 3.8) is 0 Å². The SMILES string of the molecule is Cc1cccc(-n2c(-c3ccc(Cl)cc3)nc3c(cnn3-c3ccccc3)c2=O)c1. The molecule has 0 saturated carbocycles. The van der Waals surface area contributed by atoms with Crippen LogP contribution >= 0.6 is 11.6 Å². The van der Waals surface area contributed by atoms with Crippen molar-refractivity contribution in [2.45, 2.75) is 6.92 Å². The monoisotopic (exact) mass is 412 g/mol. The van der Waals surface area contributed by atoms with E-state index < -0.39 is 0 Å². The molecule has 30 heavy (non-hydrogen) atoms. The molecular formula is C24H17ClN4O. The topological polar surface area (TPSA) is 52.7 Å². The molecule has 0 N–H and O–H groups in total. The fraction of sp³-hybridized carbons (Fsp3) is 0.0417. The van der Waals surface area contributed by atoms with Gasteiger partial charge in [-0.1, -0.05) is 41.9 Å². The summed E-state index contributed by atoms with van der Waals surface area (Å²) in [6.45, 7) is 2.00. The van der Waals surface area contributed by atoms with Crippen molar-refractivity contribution in [3.8, 4) is 22.8 Å². The molecule has 0 fully saturated rings. The zero-order valence-electron chi connectivity index (χ0n) is 16.2. The van der Waals surface area contributed by atoms with Crippen LogP contribution in [0.4, 0.5) is 0 Å². The minimum atomic E-state index is -0.169. The molecule has 5 nitrogen and oxygen atoms in total. The lowest BCUT2D eigenvalue weighted by Crippen LogP contribution is -2.22. The number of fused-ring (bicyclic) bond motifs is 1. The van der Waals surface area contributed by atoms with Crippen LogP contribution in [0, 0.1) is 6.92 Å². The van der Waals surface area contributed by atoms with Crippen molar-refractivity contribution in [1.82, 2.24) is 19.3 Å². The summed E-state index contributed by atoms with van der Waals surface area (Å²) in [6.07, 6.45) is 1.58. The number of benzene rings is 3. The lowest BCUT2D eigenvalue weighted by atomic mass is 10.1. The van der Waals surface area contributed by atoms with Gasteiger partial charge in [-0.15, -0.1) is 0 Å². The quantitative estimate of drug-likeness (QED) is 0.409. The highest BCUT2D eigenvalue weighted by molar-refractivity contribution is 6.30. The molecule has 2 heterocycles. The molecular weight excluding hydrogens is 396 g/mol. The number of para-hydroxylation sites is 1. The minimum Gasteiger partial charge on any atom is -0.268 e. The minimum absolute atomic E-state index is 0.169. The van der Waals surface area contributed by atoms with E-state index >= 15 is 0 Å². The summed E-state index contributed by atoms with van der Waals surface area (Å²) < 4.78 is 3.33. The maximum absolute atomic E-state index is 13.6. The summed E-state index contributed by atoms with van der Waals surface area (Å²) in [5.41, 5.74) is 3.79. The number of rotatable bonds is 3. The van der Waals surface area contributed by atoms with Crippen molar-refractivity contribution in [2.24, 2.45) is 0 Å². The Labute approximate surface area is 177 Å². The average molecular weight is 413 g/mol. The molecule has 0 amide bonds. The van der Waals surface area contributed by atoms with Crippen LogP contribution in [-0.2, 0) is 0 Å². The third-order valence-electron chi connectivity index (χ3n) is 4.96. The molecule has 5 aromatic rings. The zero-order chi connectivity index (χ0) is 20.7. The summed E-state index contributed by atoms with van der Waals surface area (Å²) in [5, 5.41) is 5.53. The zero-order valence-corrected chi connectivity index (χ0v) is 16.9. The molecule has 0 atom stereocenters. The molecule has 0 aliphatic carbocycles. The highest BCUT2D eigenvalue weighted by Crippen LogP contribution is 2.25. The van der Waals surface area contributed by atoms with Crippen molar-refractivity contribution in [3.05, 3.63) is 106 Å². The summed E-state index contributed by atoms with van der Waals surface area (Å²) in [7, 11) is 0. The predicted octanol–water partition coefficient (Wildman–Crippen LogP) is 5.20. The number of hydrogen-bond acceptors (Lipinski definition) is 3. The van der Waals surface area contributed by atoms with Crippen LogP contribution in [0.2, 0.25) is 5.02 Å². The van der Waals surface area contributed by atoms with Crippen molar-refractivity contribution < 1.29 is 0 Å². The first-order valence-corrected chi connectivity index (χ1v) is 9.89. The van der Waals surface area contributed by atoms with Gasteiger partial charge in [-0.3, -0.25) is 9.36 Å². The van der Waals surface area contributed by atoms with Crippen LogP contribution in [0.1, 0.15) is 5.56 Å². The summed E-state index contributed by atoms with van der Waals surface area (Å²) >= 11 is 6.09. The van der Waals surface area contributed by atoms with E-state index in [-0.39, 0.29) is 5.56 Å². The molecule has 3 aromatic carbocycles. The van der Waals surface area contributed by atoms with Gasteiger partial charge in [0.15, 0.2) is 5.65 Å². The van der Waals surface area contributed by atoms with E-state index in [0.717, 1.165) is 22.5 Å². The van der Waals surface area contributed by atoms with E-state index in [0.29, 0.717) is 21.9 Å². The van der Waals surface area contributed by atoms with Gasteiger partial charge in [-0.05, 0) is 61.0 Å². The Kier molecular flexibility index (Phi) is 4.45. The normalized spacial score (nSPS) is 11.1. The van der Waals surface area contributed by atoms with E-state index in [1.807, 2.05) is 73.7 Å². The van der Waals surface area contributed by atoms with Gasteiger partial charge in [0.1, 0.15) is 11.2 Å². The van der Waals surface area contributed by atoms with Gasteiger partial charge in [0.2, 0.25) is 0 Å². The Morgan fingerprint density at radius 3 is 2.33 bits per heavy atom. The fourth-order valence-electron chi connectivity index (χ4n) is 3.52. The van der Waals surface area contributed by atoms with Gasteiger partial charge in [0.25, 0.3) is 5.56 Å². The molecule has 0 spiro atoms. The Bertz CT molecular complexity index is 1420. The van der Waals surface area contributed by atoms with Gasteiger partial charge in [-0.25, -0.2) is 9.67 Å². The van der Waals surface area contributed by atoms with Crippen molar-refractivity contribution in [2.75, 3.05) is 0 Å². The number of aromatic nitrogens is 4. The third-order valence-corrected chi connectivity index (χ3v) is 5.22. The maximum atomic E-state index is 13.6. The second-order valence-electron chi connectivity index (χ2n) is 7.05. The lowest BCUT2D eigenvalue weighted by molar-refractivity contribution is 0.888. The maximum Gasteiger partial charge on any atom is 0.269 e. The number of halogens is 1. The lowest BCUT2D eigenvalue weighted by Gasteiger charge is -2.14. The first-order valence-electron chi connectivity index (χ1n) is 9.51. The van der Waals surface area contributed by atoms with Crippen LogP contribution in [0.3, 0.4) is 0 Å². The van der Waals surface area contributed by atoms with E-state index in [9.17, 15) is 4.79 Å². The number of aryl methyl sites for hydroxylation is 1. The molecule has 5 rings (SSSR count). The third kappa shape index (κ3) is 3.09. The standard InChI is InChI=1S/C24H17ClN4O/c1-16-6-5-9-20(14-16)28-22(17-10-12-18(25)13-11-17)27-23-21(24(28)30)15-26-29(23)19-7-3-2-4-8-19/h2-15H,1H3. The van der Waals surface area contributed by atoms with Gasteiger partial charge in [0, 0.05) is 10.6 Å². The smallest absolute Gasteiger partial charge is 0.268 e. The summed E-state index contributed by atoms with van der Waals surface area (Å²) in [4.78, 5) is 18.5. The van der Waals surface area contributed by atoms with Gasteiger partial charge in [0.05, 0.1) is 17.6 Å². The molecule has 146 valence electrons. The van der Waals surface area contributed by atoms with Gasteiger partial charge >= 0.3 is 0 Å². The van der Waals surface area contributed by atoms with Crippen LogP contribution < -0.4 is 5.56 Å². The molecule has 0 radical (unpaired) electrons. The molecule has 0 aliphatic rings. The van der Waals surface area contributed by atoms with Crippen molar-refractivity contribution in [1.29, 1.82) is 0 Å². The molecule has 0 unspecified atom stereocenters. The van der Waals surface area contributed by atoms with Crippen molar-refractivity contribution >= 4 is 22.6 Å². The Balaban J connectivity index is 1.86. The highest BCUT2D eigenvalue weighted by atomic mass is 35.5.